The van der Waals surface area contributed by atoms with Gasteiger partial charge in [0, 0.05) is 16.1 Å². The minimum Gasteiger partial charge on any atom is -0.352 e. The number of benzene rings is 1. The Morgan fingerprint density at radius 1 is 1.47 bits per heavy atom. The number of halogens is 1. The quantitative estimate of drug-likeness (QED) is 0.873. The molecule has 1 saturated carbocycles. The second-order valence-corrected chi connectivity index (χ2v) is 5.86. The highest BCUT2D eigenvalue weighted by Gasteiger charge is 2.36. The van der Waals surface area contributed by atoms with Gasteiger partial charge in [-0.25, -0.2) is 0 Å². The molecule has 1 heterocycles. The number of fused-ring (bicyclic) bond motifs is 1. The van der Waals surface area contributed by atoms with Crippen molar-refractivity contribution in [3.8, 4) is 0 Å². The van der Waals surface area contributed by atoms with Crippen molar-refractivity contribution < 1.29 is 9.59 Å². The van der Waals surface area contributed by atoms with Gasteiger partial charge in [0.1, 0.15) is 12.6 Å². The van der Waals surface area contributed by atoms with Crippen LogP contribution in [0.15, 0.2) is 22.7 Å². The Morgan fingerprint density at radius 3 is 2.89 bits per heavy atom. The zero-order chi connectivity index (χ0) is 13.6. The van der Waals surface area contributed by atoms with Gasteiger partial charge in [-0.05, 0) is 25.0 Å². The van der Waals surface area contributed by atoms with E-state index in [0.717, 1.165) is 28.6 Å². The van der Waals surface area contributed by atoms with E-state index < -0.39 is 6.04 Å². The maximum Gasteiger partial charge on any atom is 0.249 e. The van der Waals surface area contributed by atoms with Crippen molar-refractivity contribution in [2.45, 2.75) is 24.9 Å². The van der Waals surface area contributed by atoms with Gasteiger partial charge >= 0.3 is 0 Å². The monoisotopic (exact) mass is 323 g/mol. The smallest absolute Gasteiger partial charge is 0.249 e. The molecule has 1 aromatic rings. The normalized spacial score (nSPS) is 21.5. The van der Waals surface area contributed by atoms with Crippen LogP contribution in [0.1, 0.15) is 24.4 Å². The van der Waals surface area contributed by atoms with Gasteiger partial charge in [0.25, 0.3) is 0 Å². The number of nitrogens with two attached hydrogens (primary N) is 1. The van der Waals surface area contributed by atoms with Crippen LogP contribution in [0, 0.1) is 0 Å². The molecule has 3 rings (SSSR count). The molecule has 0 aromatic heterocycles. The second-order valence-electron chi connectivity index (χ2n) is 4.95. The third kappa shape index (κ3) is 2.37. The first kappa shape index (κ1) is 12.6. The average Bonchev–Trinajstić information content (AvgIpc) is 3.14. The maximum absolute atomic E-state index is 12.1. The van der Waals surface area contributed by atoms with Crippen molar-refractivity contribution in [1.29, 1.82) is 0 Å². The molecule has 2 aliphatic rings. The van der Waals surface area contributed by atoms with Crippen LogP contribution < -0.4 is 16.0 Å². The molecule has 0 bridgehead atoms. The standard InChI is InChI=1S/C13H14BrN3O2/c14-7-1-4-9-10(5-7)17(13(19)12(9)15)6-11(18)16-8-2-3-8/h1,4-5,8,12H,2-3,6,15H2,(H,16,18). The number of anilines is 1. The molecule has 5 nitrogen and oxygen atoms in total. The lowest BCUT2D eigenvalue weighted by molar-refractivity contribution is -0.124. The molecule has 1 aliphatic carbocycles. The largest absolute Gasteiger partial charge is 0.352 e. The highest BCUT2D eigenvalue weighted by Crippen LogP contribution is 2.36. The van der Waals surface area contributed by atoms with Gasteiger partial charge < -0.3 is 16.0 Å². The Hall–Kier alpha value is -1.40. The van der Waals surface area contributed by atoms with E-state index in [2.05, 4.69) is 21.2 Å². The third-order valence-electron chi connectivity index (χ3n) is 3.39. The van der Waals surface area contributed by atoms with Crippen LogP contribution in [0.25, 0.3) is 0 Å². The molecule has 1 fully saturated rings. The third-order valence-corrected chi connectivity index (χ3v) is 3.89. The highest BCUT2D eigenvalue weighted by atomic mass is 79.9. The van der Waals surface area contributed by atoms with Crippen molar-refractivity contribution >= 4 is 33.4 Å². The number of amides is 2. The molecule has 0 radical (unpaired) electrons. The van der Waals surface area contributed by atoms with E-state index in [9.17, 15) is 9.59 Å². The van der Waals surface area contributed by atoms with Crippen LogP contribution in [0.4, 0.5) is 5.69 Å². The first-order valence-corrected chi connectivity index (χ1v) is 7.01. The molecule has 2 amide bonds. The van der Waals surface area contributed by atoms with E-state index in [1.54, 1.807) is 0 Å². The lowest BCUT2D eigenvalue weighted by atomic mass is 10.1. The molecule has 1 aromatic carbocycles. The summed E-state index contributed by atoms with van der Waals surface area (Å²) in [5.74, 6) is -0.352. The number of hydrogen-bond acceptors (Lipinski definition) is 3. The van der Waals surface area contributed by atoms with E-state index >= 15 is 0 Å². The van der Waals surface area contributed by atoms with Crippen LogP contribution in [0.2, 0.25) is 0 Å². The summed E-state index contributed by atoms with van der Waals surface area (Å²) >= 11 is 3.37. The van der Waals surface area contributed by atoms with E-state index in [4.69, 9.17) is 5.73 Å². The first-order chi connectivity index (χ1) is 9.06. The molecule has 1 atom stereocenters. The first-order valence-electron chi connectivity index (χ1n) is 6.22. The van der Waals surface area contributed by atoms with Crippen molar-refractivity contribution in [3.63, 3.8) is 0 Å². The summed E-state index contributed by atoms with van der Waals surface area (Å²) in [6.07, 6.45) is 2.06. The summed E-state index contributed by atoms with van der Waals surface area (Å²) in [4.78, 5) is 25.4. The van der Waals surface area contributed by atoms with Gasteiger partial charge in [-0.15, -0.1) is 0 Å². The maximum atomic E-state index is 12.1. The number of rotatable bonds is 3. The number of nitrogens with one attached hydrogen (secondary N) is 1. The molecule has 1 aliphatic heterocycles. The summed E-state index contributed by atoms with van der Waals surface area (Å²) in [7, 11) is 0. The summed E-state index contributed by atoms with van der Waals surface area (Å²) in [5.41, 5.74) is 7.37. The predicted molar refractivity (Wildman–Crippen MR) is 74.6 cm³/mol. The Bertz CT molecular complexity index is 557. The molecule has 0 saturated heterocycles. The van der Waals surface area contributed by atoms with E-state index in [1.165, 1.54) is 4.90 Å². The molecule has 19 heavy (non-hydrogen) atoms. The Balaban J connectivity index is 1.83. The van der Waals surface area contributed by atoms with Crippen LogP contribution in [-0.2, 0) is 9.59 Å². The molecule has 100 valence electrons. The lowest BCUT2D eigenvalue weighted by Crippen LogP contribution is -2.41. The summed E-state index contributed by atoms with van der Waals surface area (Å²) < 4.78 is 0.862. The summed E-state index contributed by atoms with van der Waals surface area (Å²) in [6, 6.07) is 5.11. The van der Waals surface area contributed by atoms with E-state index in [1.807, 2.05) is 18.2 Å². The molecule has 1 unspecified atom stereocenters. The van der Waals surface area contributed by atoms with Crippen molar-refractivity contribution in [3.05, 3.63) is 28.2 Å². The summed E-state index contributed by atoms with van der Waals surface area (Å²) in [6.45, 7) is 0.0342. The SMILES string of the molecule is NC1C(=O)N(CC(=O)NC2CC2)c2cc(Br)ccc21. The summed E-state index contributed by atoms with van der Waals surface area (Å²) in [5, 5.41) is 2.88. The van der Waals surface area contributed by atoms with Gasteiger partial charge in [-0.1, -0.05) is 22.0 Å². The van der Waals surface area contributed by atoms with Crippen LogP contribution >= 0.6 is 15.9 Å². The average molecular weight is 324 g/mol. The second kappa shape index (κ2) is 4.61. The zero-order valence-corrected chi connectivity index (χ0v) is 11.8. The number of carbonyl (C=O) groups excluding carboxylic acids is 2. The molecule has 6 heteroatoms. The number of nitrogens with zero attached hydrogens (tertiary/aromatic N) is 1. The minimum absolute atomic E-state index is 0.0342. The molecular weight excluding hydrogens is 310 g/mol. The van der Waals surface area contributed by atoms with Gasteiger partial charge in [0.15, 0.2) is 0 Å². The van der Waals surface area contributed by atoms with Crippen LogP contribution in [0.5, 0.6) is 0 Å². The lowest BCUT2D eigenvalue weighted by Gasteiger charge is -2.17. The zero-order valence-electron chi connectivity index (χ0n) is 10.2. The Labute approximate surface area is 119 Å². The molecular formula is C13H14BrN3O2. The van der Waals surface area contributed by atoms with Crippen LogP contribution in [-0.4, -0.2) is 24.4 Å². The Kier molecular flexibility index (Phi) is 3.06. The minimum atomic E-state index is -0.670. The van der Waals surface area contributed by atoms with Gasteiger partial charge in [-0.3, -0.25) is 9.59 Å². The fourth-order valence-corrected chi connectivity index (χ4v) is 2.59. The van der Waals surface area contributed by atoms with Gasteiger partial charge in [0.05, 0.1) is 5.69 Å². The number of carbonyl (C=O) groups is 2. The van der Waals surface area contributed by atoms with Crippen molar-refractivity contribution in [1.82, 2.24) is 5.32 Å². The number of hydrogen-bond donors (Lipinski definition) is 2. The van der Waals surface area contributed by atoms with Gasteiger partial charge in [-0.2, -0.15) is 0 Å². The Morgan fingerprint density at radius 2 is 2.21 bits per heavy atom. The van der Waals surface area contributed by atoms with E-state index in [0.29, 0.717) is 6.04 Å². The highest BCUT2D eigenvalue weighted by molar-refractivity contribution is 9.10. The van der Waals surface area contributed by atoms with Crippen molar-refractivity contribution in [2.24, 2.45) is 5.73 Å². The van der Waals surface area contributed by atoms with Gasteiger partial charge in [0.2, 0.25) is 11.8 Å². The molecule has 3 N–H and O–H groups in total. The van der Waals surface area contributed by atoms with Crippen molar-refractivity contribution in [2.75, 3.05) is 11.4 Å². The fraction of sp³-hybridized carbons (Fsp3) is 0.385. The fourth-order valence-electron chi connectivity index (χ4n) is 2.24. The van der Waals surface area contributed by atoms with E-state index in [-0.39, 0.29) is 18.4 Å². The molecule has 0 spiro atoms. The topological polar surface area (TPSA) is 75.4 Å². The van der Waals surface area contributed by atoms with Crippen LogP contribution in [0.3, 0.4) is 0 Å². The predicted octanol–water partition coefficient (Wildman–Crippen LogP) is 1.07.